The van der Waals surface area contributed by atoms with E-state index in [-0.39, 0.29) is 28.9 Å². The summed E-state index contributed by atoms with van der Waals surface area (Å²) < 4.78 is 54.6. The molecular formula is C20H18ClF4N3O2S. The minimum absolute atomic E-state index is 0.0962. The van der Waals surface area contributed by atoms with Gasteiger partial charge in [-0.1, -0.05) is 42.9 Å². The Labute approximate surface area is 184 Å². The molecule has 0 bridgehead atoms. The fraction of sp³-hybridized carbons (Fsp3) is 0.300. The predicted octanol–water partition coefficient (Wildman–Crippen LogP) is 5.75. The average molecular weight is 476 g/mol. The Morgan fingerprint density at radius 2 is 2.03 bits per heavy atom. The van der Waals surface area contributed by atoms with Gasteiger partial charge in [0.15, 0.2) is 5.13 Å². The first kappa shape index (κ1) is 23.2. The third-order valence-corrected chi connectivity index (χ3v) is 5.54. The van der Waals surface area contributed by atoms with E-state index in [1.54, 1.807) is 13.8 Å². The van der Waals surface area contributed by atoms with Crippen molar-refractivity contribution < 1.29 is 27.5 Å². The molecule has 2 N–H and O–H groups in total. The summed E-state index contributed by atoms with van der Waals surface area (Å²) in [6.45, 7) is 3.43. The number of hydrogen-bond donors (Lipinski definition) is 2. The molecule has 31 heavy (non-hydrogen) atoms. The first-order valence-corrected chi connectivity index (χ1v) is 10.3. The Balaban J connectivity index is 1.97. The number of carbonyl (C=O) groups is 1. The second kappa shape index (κ2) is 8.97. The van der Waals surface area contributed by atoms with Gasteiger partial charge < -0.3 is 9.67 Å². The summed E-state index contributed by atoms with van der Waals surface area (Å²) in [6, 6.07) is 4.12. The van der Waals surface area contributed by atoms with E-state index in [4.69, 9.17) is 11.6 Å². The van der Waals surface area contributed by atoms with Gasteiger partial charge >= 0.3 is 6.18 Å². The number of aromatic nitrogens is 2. The quantitative estimate of drug-likeness (QED) is 0.446. The highest BCUT2D eigenvalue weighted by Crippen LogP contribution is 2.32. The molecule has 1 atom stereocenters. The third kappa shape index (κ3) is 5.44. The lowest BCUT2D eigenvalue weighted by Gasteiger charge is -2.13. The molecule has 2 aromatic heterocycles. The zero-order chi connectivity index (χ0) is 22.9. The molecule has 0 spiro atoms. The first-order valence-electron chi connectivity index (χ1n) is 9.12. The molecule has 1 unspecified atom stereocenters. The van der Waals surface area contributed by atoms with E-state index >= 15 is 0 Å². The topological polar surface area (TPSA) is 67.2 Å². The van der Waals surface area contributed by atoms with Gasteiger partial charge in [-0.15, -0.1) is 0 Å². The second-order valence-corrected chi connectivity index (χ2v) is 8.87. The van der Waals surface area contributed by atoms with Gasteiger partial charge in [-0.3, -0.25) is 10.1 Å². The smallest absolute Gasteiger partial charge is 0.388 e. The van der Waals surface area contributed by atoms with Crippen LogP contribution in [0, 0.1) is 11.7 Å². The van der Waals surface area contributed by atoms with Crippen molar-refractivity contribution in [2.75, 3.05) is 5.32 Å². The molecule has 3 aromatic rings. The molecule has 0 aliphatic heterocycles. The van der Waals surface area contributed by atoms with Crippen LogP contribution >= 0.6 is 22.9 Å². The van der Waals surface area contributed by atoms with Crippen LogP contribution < -0.4 is 5.32 Å². The molecule has 0 fully saturated rings. The number of anilines is 1. The van der Waals surface area contributed by atoms with Crippen LogP contribution in [0.15, 0.2) is 36.7 Å². The highest BCUT2D eigenvalue weighted by molar-refractivity contribution is 7.19. The molecule has 0 radical (unpaired) electrons. The lowest BCUT2D eigenvalue weighted by Crippen LogP contribution is -2.17. The van der Waals surface area contributed by atoms with E-state index in [1.165, 1.54) is 29.1 Å². The van der Waals surface area contributed by atoms with Crippen molar-refractivity contribution in [3.8, 4) is 0 Å². The predicted molar refractivity (Wildman–Crippen MR) is 110 cm³/mol. The maximum atomic E-state index is 13.6. The summed E-state index contributed by atoms with van der Waals surface area (Å²) in [4.78, 5) is 16.7. The minimum atomic E-state index is -4.85. The molecule has 1 aromatic carbocycles. The van der Waals surface area contributed by atoms with E-state index in [0.717, 1.165) is 17.4 Å². The number of amides is 1. The van der Waals surface area contributed by atoms with Crippen molar-refractivity contribution in [1.29, 1.82) is 0 Å². The number of thiazole rings is 1. The maximum Gasteiger partial charge on any atom is 0.419 e. The molecule has 3 rings (SSSR count). The molecule has 1 amide bonds. The number of rotatable bonds is 6. The van der Waals surface area contributed by atoms with Crippen molar-refractivity contribution in [3.63, 3.8) is 0 Å². The third-order valence-electron chi connectivity index (χ3n) is 4.51. The minimum Gasteiger partial charge on any atom is -0.388 e. The van der Waals surface area contributed by atoms with E-state index < -0.39 is 29.6 Å². The SMILES string of the molecule is CC(C)C(O)c1cc(C(=O)Nc2ncc(Cl)s2)n(Cc2ccc(F)c(C(F)(F)F)c2)c1. The molecule has 166 valence electrons. The zero-order valence-corrected chi connectivity index (χ0v) is 17.9. The van der Waals surface area contributed by atoms with E-state index in [9.17, 15) is 27.5 Å². The van der Waals surface area contributed by atoms with Crippen LogP contribution in [0.1, 0.15) is 47.1 Å². The summed E-state index contributed by atoms with van der Waals surface area (Å²) in [5.41, 5.74) is -0.723. The van der Waals surface area contributed by atoms with Gasteiger partial charge in [-0.25, -0.2) is 9.37 Å². The van der Waals surface area contributed by atoms with Crippen LogP contribution in [-0.2, 0) is 12.7 Å². The average Bonchev–Trinajstić information content (AvgIpc) is 3.27. The summed E-state index contributed by atoms with van der Waals surface area (Å²) in [7, 11) is 0. The van der Waals surface area contributed by atoms with Crippen molar-refractivity contribution in [3.05, 3.63) is 69.2 Å². The molecule has 5 nitrogen and oxygen atoms in total. The van der Waals surface area contributed by atoms with Crippen molar-refractivity contribution in [2.45, 2.75) is 32.7 Å². The molecule has 2 heterocycles. The Kier molecular flexibility index (Phi) is 6.73. The molecule has 0 saturated heterocycles. The standard InChI is InChI=1S/C20H18ClF4N3O2S/c1-10(2)17(29)12-6-15(18(30)27-19-26-7-16(21)31-19)28(9-12)8-11-3-4-14(22)13(5-11)20(23,24)25/h3-7,9-10,17,29H,8H2,1-2H3,(H,26,27,30). The van der Waals surface area contributed by atoms with Gasteiger partial charge in [0.05, 0.1) is 17.9 Å². The Bertz CT molecular complexity index is 1090. The highest BCUT2D eigenvalue weighted by atomic mass is 35.5. The first-order chi connectivity index (χ1) is 14.5. The van der Waals surface area contributed by atoms with Crippen molar-refractivity contribution >= 4 is 34.0 Å². The van der Waals surface area contributed by atoms with Gasteiger partial charge in [0, 0.05) is 12.7 Å². The van der Waals surface area contributed by atoms with E-state index in [0.29, 0.717) is 16.0 Å². The number of carbonyl (C=O) groups excluding carboxylic acids is 1. The maximum absolute atomic E-state index is 13.6. The van der Waals surface area contributed by atoms with Gasteiger partial charge in [0.2, 0.25) is 0 Å². The number of nitrogens with zero attached hydrogens (tertiary/aromatic N) is 2. The highest BCUT2D eigenvalue weighted by Gasteiger charge is 2.34. The molecular weight excluding hydrogens is 458 g/mol. The number of nitrogens with one attached hydrogen (secondary N) is 1. The number of halogens is 5. The zero-order valence-electron chi connectivity index (χ0n) is 16.4. The summed E-state index contributed by atoms with van der Waals surface area (Å²) in [5, 5.41) is 13.2. The summed E-state index contributed by atoms with van der Waals surface area (Å²) in [6.07, 6.45) is -2.88. The number of alkyl halides is 3. The second-order valence-electron chi connectivity index (χ2n) is 7.21. The normalized spacial score (nSPS) is 12.9. The molecule has 11 heteroatoms. The lowest BCUT2D eigenvalue weighted by molar-refractivity contribution is -0.140. The molecule has 0 aliphatic rings. The van der Waals surface area contributed by atoms with E-state index in [1.807, 2.05) is 0 Å². The van der Waals surface area contributed by atoms with Gasteiger partial charge in [0.1, 0.15) is 15.8 Å². The van der Waals surface area contributed by atoms with Gasteiger partial charge in [0.25, 0.3) is 5.91 Å². The Hall–Kier alpha value is -2.43. The van der Waals surface area contributed by atoms with Crippen molar-refractivity contribution in [2.24, 2.45) is 5.92 Å². The summed E-state index contributed by atoms with van der Waals surface area (Å²) in [5.74, 6) is -2.11. The van der Waals surface area contributed by atoms with Crippen LogP contribution in [-0.4, -0.2) is 20.6 Å². The number of benzene rings is 1. The lowest BCUT2D eigenvalue weighted by atomic mass is 10.0. The fourth-order valence-corrected chi connectivity index (χ4v) is 3.77. The van der Waals surface area contributed by atoms with Crippen LogP contribution in [0.4, 0.5) is 22.7 Å². The molecule has 0 saturated carbocycles. The van der Waals surface area contributed by atoms with Crippen LogP contribution in [0.2, 0.25) is 4.34 Å². The monoisotopic (exact) mass is 475 g/mol. The largest absolute Gasteiger partial charge is 0.419 e. The van der Waals surface area contributed by atoms with Gasteiger partial charge in [-0.2, -0.15) is 13.2 Å². The van der Waals surface area contributed by atoms with Crippen LogP contribution in [0.5, 0.6) is 0 Å². The fourth-order valence-electron chi connectivity index (χ4n) is 2.96. The number of hydrogen-bond acceptors (Lipinski definition) is 4. The number of aliphatic hydroxyl groups is 1. The van der Waals surface area contributed by atoms with Gasteiger partial charge in [-0.05, 0) is 35.2 Å². The van der Waals surface area contributed by atoms with E-state index in [2.05, 4.69) is 10.3 Å². The van der Waals surface area contributed by atoms with Crippen LogP contribution in [0.3, 0.4) is 0 Å². The summed E-state index contributed by atoms with van der Waals surface area (Å²) >= 11 is 6.86. The van der Waals surface area contributed by atoms with Crippen LogP contribution in [0.25, 0.3) is 0 Å². The Morgan fingerprint density at radius 1 is 1.32 bits per heavy atom. The number of aliphatic hydroxyl groups excluding tert-OH is 1. The molecule has 0 aliphatic carbocycles. The Morgan fingerprint density at radius 3 is 2.61 bits per heavy atom. The van der Waals surface area contributed by atoms with Crippen molar-refractivity contribution in [1.82, 2.24) is 9.55 Å².